The fraction of sp³-hybridized carbons (Fsp3) is 0.800. The smallest absolute Gasteiger partial charge is 0.107 e. The van der Waals surface area contributed by atoms with Crippen molar-refractivity contribution in [1.82, 2.24) is 9.88 Å². The number of fused-ring (bicyclic) bond motifs is 1. The number of aromatic nitrogens is 1. The molecule has 3 nitrogen and oxygen atoms in total. The van der Waals surface area contributed by atoms with Crippen LogP contribution in [0.2, 0.25) is 0 Å². The zero-order chi connectivity index (χ0) is 13.2. The van der Waals surface area contributed by atoms with E-state index in [9.17, 15) is 5.11 Å². The van der Waals surface area contributed by atoms with Crippen molar-refractivity contribution < 1.29 is 5.11 Å². The predicted octanol–water partition coefficient (Wildman–Crippen LogP) is 2.47. The number of hydrogen-bond donors (Lipinski definition) is 1. The van der Waals surface area contributed by atoms with E-state index in [4.69, 9.17) is 4.98 Å². The minimum absolute atomic E-state index is 0.336. The van der Waals surface area contributed by atoms with E-state index in [1.807, 2.05) is 11.3 Å². The van der Waals surface area contributed by atoms with Crippen LogP contribution in [0.1, 0.15) is 41.8 Å². The third-order valence-corrected chi connectivity index (χ3v) is 5.56. The molecule has 2 unspecified atom stereocenters. The number of nitrogens with zero attached hydrogens (tertiary/aromatic N) is 2. The minimum atomic E-state index is 0.336. The third kappa shape index (κ3) is 3.18. The average Bonchev–Trinajstić information content (AvgIpc) is 2.80. The molecule has 0 aromatic carbocycles. The fourth-order valence-electron chi connectivity index (χ4n) is 3.30. The van der Waals surface area contributed by atoms with Crippen molar-refractivity contribution in [1.29, 1.82) is 0 Å². The topological polar surface area (TPSA) is 36.4 Å². The zero-order valence-corrected chi connectivity index (χ0v) is 12.6. The first kappa shape index (κ1) is 13.5. The maximum Gasteiger partial charge on any atom is 0.107 e. The SMILES string of the molecule is CC1CCc2nc(CN3CCCC(CO)C3)sc2C1. The second-order valence-electron chi connectivity index (χ2n) is 6.25. The highest BCUT2D eigenvalue weighted by molar-refractivity contribution is 7.11. The summed E-state index contributed by atoms with van der Waals surface area (Å²) in [6.07, 6.45) is 6.09. The lowest BCUT2D eigenvalue weighted by molar-refractivity contribution is 0.116. The van der Waals surface area contributed by atoms with Crippen LogP contribution in [-0.4, -0.2) is 34.7 Å². The van der Waals surface area contributed by atoms with Gasteiger partial charge in [0.2, 0.25) is 0 Å². The molecule has 1 aromatic rings. The number of aliphatic hydroxyl groups is 1. The molecule has 1 aliphatic carbocycles. The Bertz CT molecular complexity index is 432. The van der Waals surface area contributed by atoms with Crippen molar-refractivity contribution in [2.24, 2.45) is 11.8 Å². The lowest BCUT2D eigenvalue weighted by Gasteiger charge is -2.30. The molecule has 1 saturated heterocycles. The number of aliphatic hydroxyl groups excluding tert-OH is 1. The highest BCUT2D eigenvalue weighted by atomic mass is 32.1. The number of likely N-dealkylation sites (tertiary alicyclic amines) is 1. The van der Waals surface area contributed by atoms with Gasteiger partial charge in [0, 0.05) is 18.0 Å². The van der Waals surface area contributed by atoms with Gasteiger partial charge in [-0.05, 0) is 50.5 Å². The van der Waals surface area contributed by atoms with Gasteiger partial charge in [-0.1, -0.05) is 6.92 Å². The first-order valence-corrected chi connectivity index (χ1v) is 8.37. The molecule has 0 saturated carbocycles. The van der Waals surface area contributed by atoms with Crippen molar-refractivity contribution in [2.45, 2.75) is 45.6 Å². The summed E-state index contributed by atoms with van der Waals surface area (Å²) < 4.78 is 0. The van der Waals surface area contributed by atoms with Crippen LogP contribution >= 0.6 is 11.3 Å². The molecule has 2 atom stereocenters. The van der Waals surface area contributed by atoms with E-state index in [1.165, 1.54) is 47.7 Å². The van der Waals surface area contributed by atoms with Crippen LogP contribution in [0.15, 0.2) is 0 Å². The lowest BCUT2D eigenvalue weighted by atomic mass is 9.93. The first-order valence-electron chi connectivity index (χ1n) is 7.55. The number of thiazole rings is 1. The summed E-state index contributed by atoms with van der Waals surface area (Å²) in [4.78, 5) is 8.85. The van der Waals surface area contributed by atoms with Gasteiger partial charge in [-0.15, -0.1) is 11.3 Å². The number of aryl methyl sites for hydroxylation is 1. The van der Waals surface area contributed by atoms with Crippen LogP contribution in [0.4, 0.5) is 0 Å². The molecule has 3 rings (SSSR count). The summed E-state index contributed by atoms with van der Waals surface area (Å²) in [5.74, 6) is 1.30. The quantitative estimate of drug-likeness (QED) is 0.924. The Morgan fingerprint density at radius 3 is 3.16 bits per heavy atom. The molecule has 1 aliphatic heterocycles. The van der Waals surface area contributed by atoms with Gasteiger partial charge in [-0.3, -0.25) is 4.90 Å². The van der Waals surface area contributed by atoms with Gasteiger partial charge in [-0.25, -0.2) is 4.98 Å². The Hall–Kier alpha value is -0.450. The van der Waals surface area contributed by atoms with Gasteiger partial charge in [0.05, 0.1) is 12.2 Å². The number of hydrogen-bond acceptors (Lipinski definition) is 4. The summed E-state index contributed by atoms with van der Waals surface area (Å²) in [7, 11) is 0. The van der Waals surface area contributed by atoms with E-state index < -0.39 is 0 Å². The molecule has 0 spiro atoms. The Balaban J connectivity index is 1.64. The molecule has 1 aromatic heterocycles. The number of rotatable bonds is 3. The molecule has 1 fully saturated rings. The molecule has 4 heteroatoms. The van der Waals surface area contributed by atoms with E-state index >= 15 is 0 Å². The van der Waals surface area contributed by atoms with Crippen LogP contribution in [0.5, 0.6) is 0 Å². The van der Waals surface area contributed by atoms with Crippen LogP contribution in [0.3, 0.4) is 0 Å². The average molecular weight is 280 g/mol. The highest BCUT2D eigenvalue weighted by Crippen LogP contribution is 2.30. The summed E-state index contributed by atoms with van der Waals surface area (Å²) >= 11 is 1.93. The normalized spacial score (nSPS) is 28.3. The Labute approximate surface area is 119 Å². The van der Waals surface area contributed by atoms with E-state index in [2.05, 4.69) is 11.8 Å². The highest BCUT2D eigenvalue weighted by Gasteiger charge is 2.23. The van der Waals surface area contributed by atoms with Crippen LogP contribution in [-0.2, 0) is 19.4 Å². The van der Waals surface area contributed by atoms with E-state index in [0.717, 1.165) is 25.6 Å². The van der Waals surface area contributed by atoms with Gasteiger partial charge in [0.1, 0.15) is 5.01 Å². The first-order chi connectivity index (χ1) is 9.24. The van der Waals surface area contributed by atoms with Gasteiger partial charge in [-0.2, -0.15) is 0 Å². The van der Waals surface area contributed by atoms with Crippen molar-refractivity contribution in [3.8, 4) is 0 Å². The summed E-state index contributed by atoms with van der Waals surface area (Å²) in [5.41, 5.74) is 1.37. The fourth-order valence-corrected chi connectivity index (χ4v) is 4.62. The maximum absolute atomic E-state index is 9.30. The van der Waals surface area contributed by atoms with E-state index in [-0.39, 0.29) is 0 Å². The van der Waals surface area contributed by atoms with Gasteiger partial charge in [0.15, 0.2) is 0 Å². The minimum Gasteiger partial charge on any atom is -0.396 e. The molecule has 0 radical (unpaired) electrons. The molecular weight excluding hydrogens is 256 g/mol. The standard InChI is InChI=1S/C15H24N2OS/c1-11-4-5-13-14(7-11)19-15(16-13)9-17-6-2-3-12(8-17)10-18/h11-12,18H,2-10H2,1H3. The van der Waals surface area contributed by atoms with E-state index in [1.54, 1.807) is 0 Å². The van der Waals surface area contributed by atoms with Crippen molar-refractivity contribution in [3.05, 3.63) is 15.6 Å². The lowest BCUT2D eigenvalue weighted by Crippen LogP contribution is -2.36. The molecule has 106 valence electrons. The maximum atomic E-state index is 9.30. The van der Waals surface area contributed by atoms with Crippen molar-refractivity contribution >= 4 is 11.3 Å². The molecule has 19 heavy (non-hydrogen) atoms. The molecule has 0 bridgehead atoms. The summed E-state index contributed by atoms with van der Waals surface area (Å²) in [6, 6.07) is 0. The Kier molecular flexibility index (Phi) is 4.20. The van der Waals surface area contributed by atoms with Gasteiger partial charge in [0.25, 0.3) is 0 Å². The molecule has 2 aliphatic rings. The van der Waals surface area contributed by atoms with Crippen molar-refractivity contribution in [3.63, 3.8) is 0 Å². The second-order valence-corrected chi connectivity index (χ2v) is 7.42. The van der Waals surface area contributed by atoms with E-state index in [0.29, 0.717) is 12.5 Å². The van der Waals surface area contributed by atoms with Gasteiger partial charge < -0.3 is 5.11 Å². The largest absolute Gasteiger partial charge is 0.396 e. The Morgan fingerprint density at radius 2 is 2.32 bits per heavy atom. The summed E-state index contributed by atoms with van der Waals surface area (Å²) in [6.45, 7) is 5.87. The third-order valence-electron chi connectivity index (χ3n) is 4.45. The summed E-state index contributed by atoms with van der Waals surface area (Å²) in [5, 5.41) is 10.6. The van der Waals surface area contributed by atoms with Crippen LogP contribution < -0.4 is 0 Å². The molecule has 0 amide bonds. The molecular formula is C15H24N2OS. The number of piperidine rings is 1. The zero-order valence-electron chi connectivity index (χ0n) is 11.8. The Morgan fingerprint density at radius 1 is 1.42 bits per heavy atom. The van der Waals surface area contributed by atoms with Crippen LogP contribution in [0.25, 0.3) is 0 Å². The predicted molar refractivity (Wildman–Crippen MR) is 78.4 cm³/mol. The van der Waals surface area contributed by atoms with Crippen molar-refractivity contribution in [2.75, 3.05) is 19.7 Å². The monoisotopic (exact) mass is 280 g/mol. The second kappa shape index (κ2) is 5.90. The molecule has 2 heterocycles. The molecule has 1 N–H and O–H groups in total. The van der Waals surface area contributed by atoms with Gasteiger partial charge >= 0.3 is 0 Å². The van der Waals surface area contributed by atoms with Crippen LogP contribution in [0, 0.1) is 11.8 Å².